The number of sulfonamides is 1. The van der Waals surface area contributed by atoms with Gasteiger partial charge < -0.3 is 9.32 Å². The molecule has 0 bridgehead atoms. The number of hydrogen-bond acceptors (Lipinski definition) is 6. The standard InChI is InChI=1S/C17H17FN4O3S2/c18-14-5-3-13(4-6-14)17-20-19-15(25-17)12-21-7-9-22(10-8-21)27(23,24)16-2-1-11-26-16/h1-6,11H,7-10,12H2/p+1. The number of thiophene rings is 1. The zero-order valence-electron chi connectivity index (χ0n) is 14.3. The number of piperazine rings is 1. The second-order valence-electron chi connectivity index (χ2n) is 6.27. The van der Waals surface area contributed by atoms with Crippen LogP contribution in [0.4, 0.5) is 4.39 Å². The van der Waals surface area contributed by atoms with Gasteiger partial charge in [0.15, 0.2) is 6.54 Å². The molecule has 10 heteroatoms. The van der Waals surface area contributed by atoms with Crippen LogP contribution in [-0.2, 0) is 16.6 Å². The summed E-state index contributed by atoms with van der Waals surface area (Å²) in [6.07, 6.45) is 0. The van der Waals surface area contributed by atoms with Crippen molar-refractivity contribution in [2.24, 2.45) is 0 Å². The summed E-state index contributed by atoms with van der Waals surface area (Å²) in [7, 11) is -3.39. The first-order valence-electron chi connectivity index (χ1n) is 8.48. The van der Waals surface area contributed by atoms with Crippen LogP contribution in [0.2, 0.25) is 0 Å². The smallest absolute Gasteiger partial charge is 0.271 e. The Bertz CT molecular complexity index is 995. The maximum atomic E-state index is 13.0. The molecule has 1 aromatic carbocycles. The van der Waals surface area contributed by atoms with Gasteiger partial charge in [0.25, 0.3) is 15.9 Å². The minimum absolute atomic E-state index is 0.321. The van der Waals surface area contributed by atoms with Crippen molar-refractivity contribution in [1.82, 2.24) is 14.5 Å². The van der Waals surface area contributed by atoms with E-state index in [1.54, 1.807) is 29.6 Å². The van der Waals surface area contributed by atoms with Crippen LogP contribution in [-0.4, -0.2) is 49.1 Å². The highest BCUT2D eigenvalue weighted by molar-refractivity contribution is 7.91. The molecule has 3 aromatic rings. The van der Waals surface area contributed by atoms with E-state index in [2.05, 4.69) is 10.2 Å². The van der Waals surface area contributed by atoms with Crippen molar-refractivity contribution in [2.75, 3.05) is 26.2 Å². The number of quaternary nitrogens is 1. The molecule has 7 nitrogen and oxygen atoms in total. The number of benzene rings is 1. The predicted octanol–water partition coefficient (Wildman–Crippen LogP) is 1.03. The molecule has 4 rings (SSSR count). The van der Waals surface area contributed by atoms with Gasteiger partial charge in [0.1, 0.15) is 10.0 Å². The Morgan fingerprint density at radius 1 is 1.15 bits per heavy atom. The average Bonchev–Trinajstić information content (AvgIpc) is 3.35. The number of halogens is 1. The van der Waals surface area contributed by atoms with E-state index in [-0.39, 0.29) is 5.82 Å². The van der Waals surface area contributed by atoms with Crippen LogP contribution in [0.5, 0.6) is 0 Å². The van der Waals surface area contributed by atoms with Gasteiger partial charge in [-0.2, -0.15) is 4.31 Å². The van der Waals surface area contributed by atoms with Crippen molar-refractivity contribution in [3.63, 3.8) is 0 Å². The molecule has 2 aromatic heterocycles. The van der Waals surface area contributed by atoms with Crippen LogP contribution >= 0.6 is 11.3 Å². The summed E-state index contributed by atoms with van der Waals surface area (Å²) in [6.45, 7) is 2.77. The van der Waals surface area contributed by atoms with Gasteiger partial charge in [-0.25, -0.2) is 12.8 Å². The molecule has 1 saturated heterocycles. The Balaban J connectivity index is 1.37. The van der Waals surface area contributed by atoms with Crippen LogP contribution in [0.15, 0.2) is 50.4 Å². The highest BCUT2D eigenvalue weighted by Crippen LogP contribution is 2.21. The lowest BCUT2D eigenvalue weighted by atomic mass is 10.2. The molecule has 0 aliphatic carbocycles. The molecule has 0 atom stereocenters. The minimum Gasteiger partial charge on any atom is -0.415 e. The van der Waals surface area contributed by atoms with E-state index in [0.717, 1.165) is 0 Å². The molecular weight excluding hydrogens is 391 g/mol. The van der Waals surface area contributed by atoms with Gasteiger partial charge in [-0.3, -0.25) is 0 Å². The highest BCUT2D eigenvalue weighted by atomic mass is 32.2. The van der Waals surface area contributed by atoms with Crippen LogP contribution in [0.3, 0.4) is 0 Å². The van der Waals surface area contributed by atoms with Crippen LogP contribution < -0.4 is 4.90 Å². The van der Waals surface area contributed by atoms with Crippen molar-refractivity contribution in [2.45, 2.75) is 10.8 Å². The van der Waals surface area contributed by atoms with Crippen molar-refractivity contribution in [1.29, 1.82) is 0 Å². The minimum atomic E-state index is -3.39. The summed E-state index contributed by atoms with van der Waals surface area (Å²) in [5.41, 5.74) is 0.664. The van der Waals surface area contributed by atoms with Gasteiger partial charge in [0.2, 0.25) is 5.89 Å². The third kappa shape index (κ3) is 3.93. The van der Waals surface area contributed by atoms with E-state index in [1.807, 2.05) is 0 Å². The number of nitrogens with one attached hydrogen (secondary N) is 1. The largest absolute Gasteiger partial charge is 0.415 e. The van der Waals surface area contributed by atoms with E-state index in [4.69, 9.17) is 4.42 Å². The van der Waals surface area contributed by atoms with Crippen molar-refractivity contribution < 1.29 is 22.1 Å². The maximum Gasteiger partial charge on any atom is 0.271 e. The first-order chi connectivity index (χ1) is 13.0. The molecule has 0 saturated carbocycles. The number of aromatic nitrogens is 2. The summed E-state index contributed by atoms with van der Waals surface area (Å²) < 4.78 is 45.7. The lowest BCUT2D eigenvalue weighted by Gasteiger charge is -2.30. The third-order valence-electron chi connectivity index (χ3n) is 4.48. The Hall–Kier alpha value is -2.14. The molecule has 1 aliphatic heterocycles. The quantitative estimate of drug-likeness (QED) is 0.681. The Labute approximate surface area is 160 Å². The van der Waals surface area contributed by atoms with Crippen LogP contribution in [0.25, 0.3) is 11.5 Å². The van der Waals surface area contributed by atoms with Crippen LogP contribution in [0.1, 0.15) is 5.89 Å². The second-order valence-corrected chi connectivity index (χ2v) is 9.38. The molecule has 0 unspecified atom stereocenters. The van der Waals surface area contributed by atoms with E-state index in [0.29, 0.717) is 54.3 Å². The lowest BCUT2D eigenvalue weighted by molar-refractivity contribution is -0.918. The fourth-order valence-corrected chi connectivity index (χ4v) is 5.59. The van der Waals surface area contributed by atoms with Gasteiger partial charge in [0.05, 0.1) is 26.2 Å². The monoisotopic (exact) mass is 409 g/mol. The molecule has 27 heavy (non-hydrogen) atoms. The zero-order valence-corrected chi connectivity index (χ0v) is 16.0. The first kappa shape index (κ1) is 18.2. The molecule has 0 radical (unpaired) electrons. The molecule has 3 heterocycles. The predicted molar refractivity (Wildman–Crippen MR) is 97.2 cm³/mol. The van der Waals surface area contributed by atoms with Gasteiger partial charge in [-0.1, -0.05) is 6.07 Å². The SMILES string of the molecule is O=S(=O)(c1cccs1)N1CC[NH+](Cc2nnc(-c3ccc(F)cc3)o2)CC1. The molecule has 0 spiro atoms. The van der Waals surface area contributed by atoms with Gasteiger partial charge in [0, 0.05) is 5.56 Å². The molecule has 1 aliphatic rings. The fraction of sp³-hybridized carbons (Fsp3) is 0.294. The summed E-state index contributed by atoms with van der Waals surface area (Å²) in [6, 6.07) is 9.25. The number of rotatable bonds is 5. The number of hydrogen-bond donors (Lipinski definition) is 1. The second kappa shape index (κ2) is 7.47. The highest BCUT2D eigenvalue weighted by Gasteiger charge is 2.31. The Morgan fingerprint density at radius 2 is 1.89 bits per heavy atom. The zero-order chi connectivity index (χ0) is 18.9. The van der Waals surface area contributed by atoms with Gasteiger partial charge in [-0.15, -0.1) is 21.5 Å². The lowest BCUT2D eigenvalue weighted by Crippen LogP contribution is -3.13. The third-order valence-corrected chi connectivity index (χ3v) is 7.75. The maximum absolute atomic E-state index is 13.0. The summed E-state index contributed by atoms with van der Waals surface area (Å²) >= 11 is 1.24. The fourth-order valence-electron chi connectivity index (χ4n) is 3.01. The van der Waals surface area contributed by atoms with E-state index in [1.165, 1.54) is 32.7 Å². The Kier molecular flexibility index (Phi) is 5.04. The van der Waals surface area contributed by atoms with Crippen LogP contribution in [0, 0.1) is 5.82 Å². The molecule has 1 N–H and O–H groups in total. The number of nitrogens with zero attached hydrogens (tertiary/aromatic N) is 3. The van der Waals surface area contributed by atoms with E-state index < -0.39 is 10.0 Å². The normalized spacial score (nSPS) is 16.6. The van der Waals surface area contributed by atoms with Gasteiger partial charge in [-0.05, 0) is 35.7 Å². The van der Waals surface area contributed by atoms with E-state index in [9.17, 15) is 12.8 Å². The summed E-state index contributed by atoms with van der Waals surface area (Å²) in [4.78, 5) is 1.18. The summed E-state index contributed by atoms with van der Waals surface area (Å²) in [5.74, 6) is 0.514. The van der Waals surface area contributed by atoms with E-state index >= 15 is 0 Å². The molecule has 1 fully saturated rings. The first-order valence-corrected chi connectivity index (χ1v) is 10.8. The van der Waals surface area contributed by atoms with Crippen molar-refractivity contribution >= 4 is 21.4 Å². The summed E-state index contributed by atoms with van der Waals surface area (Å²) in [5, 5.41) is 9.83. The van der Waals surface area contributed by atoms with Crippen molar-refractivity contribution in [3.05, 3.63) is 53.5 Å². The molecule has 0 amide bonds. The average molecular weight is 409 g/mol. The Morgan fingerprint density at radius 3 is 2.56 bits per heavy atom. The molecule has 142 valence electrons. The van der Waals surface area contributed by atoms with Crippen molar-refractivity contribution in [3.8, 4) is 11.5 Å². The molecular formula is C17H18FN4O3S2+. The topological polar surface area (TPSA) is 80.7 Å². The van der Waals surface area contributed by atoms with Gasteiger partial charge >= 0.3 is 0 Å².